The smallest absolute Gasteiger partial charge is 0.253 e. The third kappa shape index (κ3) is 3.62. The average Bonchev–Trinajstić information content (AvgIpc) is 3.02. The predicted octanol–water partition coefficient (Wildman–Crippen LogP) is 3.36. The maximum absolute atomic E-state index is 12.5. The second-order valence-corrected chi connectivity index (χ2v) is 6.86. The Morgan fingerprint density at radius 2 is 2.07 bits per heavy atom. The number of nitrogens with zero attached hydrogens (tertiary/aromatic N) is 2. The van der Waals surface area contributed by atoms with E-state index in [1.54, 1.807) is 24.1 Å². The number of fused-ring (bicyclic) bond motifs is 2. The van der Waals surface area contributed by atoms with Gasteiger partial charge in [-0.1, -0.05) is 18.2 Å². The van der Waals surface area contributed by atoms with Crippen molar-refractivity contribution in [2.24, 2.45) is 0 Å². The van der Waals surface area contributed by atoms with Crippen LogP contribution in [0.1, 0.15) is 16.9 Å². The Bertz CT molecular complexity index is 1320. The number of likely N-dealkylation sites (N-methyl/N-ethyl adjacent to an activating group) is 1. The van der Waals surface area contributed by atoms with Gasteiger partial charge in [0.15, 0.2) is 0 Å². The van der Waals surface area contributed by atoms with Crippen LogP contribution in [0, 0.1) is 6.92 Å². The number of amides is 1. The van der Waals surface area contributed by atoms with Crippen LogP contribution in [0.5, 0.6) is 5.75 Å². The molecule has 4 aromatic rings. The molecule has 0 bridgehead atoms. The summed E-state index contributed by atoms with van der Waals surface area (Å²) >= 11 is 0. The highest BCUT2D eigenvalue weighted by molar-refractivity contribution is 5.92. The molecule has 3 aromatic heterocycles. The summed E-state index contributed by atoms with van der Waals surface area (Å²) in [6.07, 6.45) is 4.57. The van der Waals surface area contributed by atoms with Crippen molar-refractivity contribution in [3.05, 3.63) is 75.9 Å². The Hall–Kier alpha value is -3.87. The highest BCUT2D eigenvalue weighted by Crippen LogP contribution is 2.26. The van der Waals surface area contributed by atoms with Gasteiger partial charge in [0.1, 0.15) is 22.7 Å². The second-order valence-electron chi connectivity index (χ2n) is 6.86. The number of hydrogen-bond acceptors (Lipinski definition) is 5. The zero-order valence-corrected chi connectivity index (χ0v) is 16.0. The van der Waals surface area contributed by atoms with E-state index in [1.807, 2.05) is 31.2 Å². The third-order valence-corrected chi connectivity index (χ3v) is 4.81. The molecule has 0 spiro atoms. The molecule has 29 heavy (non-hydrogen) atoms. The number of aromatic nitrogens is 2. The number of carbonyl (C=O) groups is 1. The highest BCUT2D eigenvalue weighted by atomic mass is 16.3. The lowest BCUT2D eigenvalue weighted by Gasteiger charge is -2.13. The molecular weight excluding hydrogens is 370 g/mol. The van der Waals surface area contributed by atoms with Gasteiger partial charge in [0, 0.05) is 36.3 Å². The number of aromatic amines is 1. The Balaban J connectivity index is 1.52. The third-order valence-electron chi connectivity index (χ3n) is 4.81. The van der Waals surface area contributed by atoms with Gasteiger partial charge in [-0.3, -0.25) is 9.59 Å². The van der Waals surface area contributed by atoms with E-state index < -0.39 is 5.56 Å². The van der Waals surface area contributed by atoms with E-state index in [2.05, 4.69) is 9.97 Å². The van der Waals surface area contributed by atoms with E-state index >= 15 is 0 Å². The molecule has 0 aliphatic heterocycles. The fourth-order valence-electron chi connectivity index (χ4n) is 3.19. The van der Waals surface area contributed by atoms with Crippen molar-refractivity contribution >= 4 is 34.0 Å². The first-order valence-corrected chi connectivity index (χ1v) is 9.04. The summed E-state index contributed by atoms with van der Waals surface area (Å²) in [5.74, 6) is 0.391. The van der Waals surface area contributed by atoms with Crippen LogP contribution in [0.15, 0.2) is 57.9 Å². The highest BCUT2D eigenvalue weighted by Gasteiger charge is 2.14. The van der Waals surface area contributed by atoms with Crippen LogP contribution in [0.4, 0.5) is 0 Å². The SMILES string of the molecule is Cc1c(CN(C)C(=O)/C=C/c2cnc3[nH]c(=O)cc(O)c3c2)oc2ccccc12. The number of para-hydroxylation sites is 1. The number of carbonyl (C=O) groups excluding carboxylic acids is 1. The normalized spacial score (nSPS) is 11.5. The maximum atomic E-state index is 12.5. The van der Waals surface area contributed by atoms with Crippen molar-refractivity contribution < 1.29 is 14.3 Å². The van der Waals surface area contributed by atoms with E-state index in [0.29, 0.717) is 17.5 Å². The van der Waals surface area contributed by atoms with Gasteiger partial charge in [-0.25, -0.2) is 4.98 Å². The van der Waals surface area contributed by atoms with Crippen LogP contribution < -0.4 is 5.56 Å². The summed E-state index contributed by atoms with van der Waals surface area (Å²) in [5.41, 5.74) is 2.31. The number of aryl methyl sites for hydroxylation is 1. The van der Waals surface area contributed by atoms with E-state index in [1.165, 1.54) is 12.3 Å². The first-order chi connectivity index (χ1) is 13.9. The molecule has 1 aromatic carbocycles. The first-order valence-electron chi connectivity index (χ1n) is 9.04. The van der Waals surface area contributed by atoms with Crippen LogP contribution in [0.3, 0.4) is 0 Å². The van der Waals surface area contributed by atoms with Crippen LogP contribution in [0.25, 0.3) is 28.1 Å². The number of pyridine rings is 2. The molecule has 3 heterocycles. The van der Waals surface area contributed by atoms with Crippen molar-refractivity contribution in [1.29, 1.82) is 0 Å². The Morgan fingerprint density at radius 3 is 2.86 bits per heavy atom. The van der Waals surface area contributed by atoms with Crippen LogP contribution in [-0.2, 0) is 11.3 Å². The molecule has 1 amide bonds. The fourth-order valence-corrected chi connectivity index (χ4v) is 3.19. The minimum Gasteiger partial charge on any atom is -0.507 e. The lowest BCUT2D eigenvalue weighted by Crippen LogP contribution is -2.24. The van der Waals surface area contributed by atoms with Crippen molar-refractivity contribution in [2.75, 3.05) is 7.05 Å². The lowest BCUT2D eigenvalue weighted by atomic mass is 10.1. The minimum absolute atomic E-state index is 0.157. The molecular formula is C22H19N3O4. The average molecular weight is 389 g/mol. The number of furan rings is 1. The summed E-state index contributed by atoms with van der Waals surface area (Å²) in [5, 5.41) is 11.4. The number of benzene rings is 1. The van der Waals surface area contributed by atoms with E-state index in [9.17, 15) is 14.7 Å². The molecule has 7 nitrogen and oxygen atoms in total. The van der Waals surface area contributed by atoms with Gasteiger partial charge in [0.25, 0.3) is 5.56 Å². The van der Waals surface area contributed by atoms with Crippen molar-refractivity contribution in [3.63, 3.8) is 0 Å². The molecule has 0 saturated carbocycles. The number of rotatable bonds is 4. The number of nitrogens with one attached hydrogen (secondary N) is 1. The van der Waals surface area contributed by atoms with Gasteiger partial charge < -0.3 is 19.4 Å². The van der Waals surface area contributed by atoms with Crippen molar-refractivity contribution in [2.45, 2.75) is 13.5 Å². The lowest BCUT2D eigenvalue weighted by molar-refractivity contribution is -0.125. The van der Waals surface area contributed by atoms with E-state index in [0.717, 1.165) is 28.4 Å². The standard InChI is InChI=1S/C22H19N3O4/c1-13-15-5-3-4-6-18(15)29-19(13)12-25(2)21(28)8-7-14-9-16-17(26)10-20(27)24-22(16)23-11-14/h3-11H,12H2,1-2H3,(H2,23,24,26,27)/b8-7+. The van der Waals surface area contributed by atoms with Gasteiger partial charge in [0.05, 0.1) is 11.9 Å². The molecule has 4 rings (SSSR count). The van der Waals surface area contributed by atoms with Crippen LogP contribution >= 0.6 is 0 Å². The summed E-state index contributed by atoms with van der Waals surface area (Å²) < 4.78 is 5.87. The summed E-state index contributed by atoms with van der Waals surface area (Å²) in [6.45, 7) is 2.33. The number of H-pyrrole nitrogens is 1. The first kappa shape index (κ1) is 18.5. The second kappa shape index (κ2) is 7.27. The van der Waals surface area contributed by atoms with Crippen LogP contribution in [-0.4, -0.2) is 32.9 Å². The molecule has 7 heteroatoms. The molecule has 0 aliphatic carbocycles. The summed E-state index contributed by atoms with van der Waals surface area (Å²) in [7, 11) is 1.70. The minimum atomic E-state index is -0.427. The maximum Gasteiger partial charge on any atom is 0.253 e. The topological polar surface area (TPSA) is 99.4 Å². The molecule has 0 aliphatic rings. The largest absolute Gasteiger partial charge is 0.507 e. The van der Waals surface area contributed by atoms with Gasteiger partial charge in [-0.2, -0.15) is 0 Å². The monoisotopic (exact) mass is 389 g/mol. The quantitative estimate of drug-likeness (QED) is 0.522. The Labute approximate surface area is 165 Å². The summed E-state index contributed by atoms with van der Waals surface area (Å²) in [4.78, 5) is 32.1. The Morgan fingerprint density at radius 1 is 1.28 bits per heavy atom. The fraction of sp³-hybridized carbons (Fsp3) is 0.136. The molecule has 0 fully saturated rings. The van der Waals surface area contributed by atoms with Gasteiger partial charge in [0.2, 0.25) is 5.91 Å². The predicted molar refractivity (Wildman–Crippen MR) is 110 cm³/mol. The summed E-state index contributed by atoms with van der Waals surface area (Å²) in [6, 6.07) is 10.5. The molecule has 0 atom stereocenters. The zero-order valence-electron chi connectivity index (χ0n) is 16.0. The van der Waals surface area contributed by atoms with E-state index in [4.69, 9.17) is 4.42 Å². The molecule has 0 radical (unpaired) electrons. The van der Waals surface area contributed by atoms with Crippen molar-refractivity contribution in [3.8, 4) is 5.75 Å². The van der Waals surface area contributed by atoms with Gasteiger partial charge >= 0.3 is 0 Å². The van der Waals surface area contributed by atoms with Gasteiger partial charge in [-0.05, 0) is 30.7 Å². The molecule has 0 unspecified atom stereocenters. The number of hydrogen-bond donors (Lipinski definition) is 2. The zero-order chi connectivity index (χ0) is 20.5. The number of aromatic hydroxyl groups is 1. The van der Waals surface area contributed by atoms with Crippen molar-refractivity contribution in [1.82, 2.24) is 14.9 Å². The molecule has 146 valence electrons. The molecule has 0 saturated heterocycles. The molecule has 2 N–H and O–H groups in total. The van der Waals surface area contributed by atoms with Gasteiger partial charge in [-0.15, -0.1) is 0 Å². The van der Waals surface area contributed by atoms with E-state index in [-0.39, 0.29) is 17.3 Å². The van der Waals surface area contributed by atoms with Crippen LogP contribution in [0.2, 0.25) is 0 Å². The Kier molecular flexibility index (Phi) is 4.64.